The molecule has 0 saturated heterocycles. The van der Waals surface area contributed by atoms with Gasteiger partial charge in [-0.3, -0.25) is 9.59 Å². The van der Waals surface area contributed by atoms with E-state index in [4.69, 9.17) is 5.11 Å². The van der Waals surface area contributed by atoms with Crippen LogP contribution in [0.3, 0.4) is 0 Å². The number of allylic oxidation sites excluding steroid dienone is 5. The molecule has 242 valence electrons. The fourth-order valence-electron chi connectivity index (χ4n) is 4.91. The van der Waals surface area contributed by atoms with Crippen LogP contribution in [0.5, 0.6) is 5.75 Å². The molecule has 1 atom stereocenters. The third kappa shape index (κ3) is 10.0. The van der Waals surface area contributed by atoms with Crippen molar-refractivity contribution in [3.63, 3.8) is 0 Å². The van der Waals surface area contributed by atoms with Crippen LogP contribution in [0, 0.1) is 0 Å². The number of benzene rings is 3. The van der Waals surface area contributed by atoms with Crippen LogP contribution in [-0.4, -0.2) is 36.3 Å². The Morgan fingerprint density at radius 1 is 0.870 bits per heavy atom. The highest BCUT2D eigenvalue weighted by Gasteiger charge is 2.32. The third-order valence-electron chi connectivity index (χ3n) is 7.01. The van der Waals surface area contributed by atoms with E-state index in [2.05, 4.69) is 14.8 Å². The molecule has 3 aromatic rings. The molecule has 0 saturated carbocycles. The van der Waals surface area contributed by atoms with Crippen molar-refractivity contribution in [3.05, 3.63) is 119 Å². The maximum atomic E-state index is 12.8. The van der Waals surface area contributed by atoms with Gasteiger partial charge in [0.25, 0.3) is 5.91 Å². The minimum Gasteiger partial charge on any atom is -0.481 e. The number of carbonyl (C=O) groups excluding carboxylic acids is 1. The van der Waals surface area contributed by atoms with E-state index in [9.17, 15) is 35.9 Å². The first-order valence-corrected chi connectivity index (χ1v) is 14.1. The molecule has 0 fully saturated rings. The molecule has 0 bridgehead atoms. The highest BCUT2D eigenvalue weighted by atomic mass is 19.4. The molecule has 4 rings (SSSR count). The predicted octanol–water partition coefficient (Wildman–Crippen LogP) is 8.57. The monoisotopic (exact) mass is 645 g/mol. The molecule has 3 aromatic carbocycles. The Morgan fingerprint density at radius 3 is 2.15 bits per heavy atom. The number of carboxylic acids is 1. The Labute approximate surface area is 260 Å². The van der Waals surface area contributed by atoms with Gasteiger partial charge in [0, 0.05) is 18.5 Å². The Hall–Kier alpha value is -5.00. The number of aliphatic carboxylic acids is 1. The number of carbonyl (C=O) groups is 2. The zero-order chi connectivity index (χ0) is 33.5. The van der Waals surface area contributed by atoms with Crippen LogP contribution in [0.2, 0.25) is 0 Å². The maximum Gasteiger partial charge on any atom is 0.573 e. The van der Waals surface area contributed by atoms with Crippen molar-refractivity contribution in [3.8, 4) is 16.9 Å². The summed E-state index contributed by atoms with van der Waals surface area (Å²) in [6.07, 6.45) is -3.33. The van der Waals surface area contributed by atoms with Gasteiger partial charge in [-0.05, 0) is 76.1 Å². The number of amides is 1. The molecule has 1 amide bonds. The van der Waals surface area contributed by atoms with Crippen LogP contribution < -0.4 is 10.1 Å². The van der Waals surface area contributed by atoms with Crippen molar-refractivity contribution in [1.29, 1.82) is 0 Å². The summed E-state index contributed by atoms with van der Waals surface area (Å²) in [5.41, 5.74) is 4.77. The van der Waals surface area contributed by atoms with Crippen molar-refractivity contribution in [2.75, 3.05) is 6.54 Å². The van der Waals surface area contributed by atoms with Crippen LogP contribution in [-0.2, 0) is 16.0 Å². The standard InChI is InChI=1S/C34H29F6NO5/c1-21(19-22-5-7-25(8-6-22)32(44)41-18-17-31(42)43)30-20-26(23-9-13-28(14-10-23)46-34(38,39)40)12-16-29(30)24-3-2-4-27(15-11-24)45-33(35,36)37/h2-3,5-16,20-21H,4,17-19H2,1H3,(H,41,44)(H,42,43). The van der Waals surface area contributed by atoms with Gasteiger partial charge in [-0.25, -0.2) is 0 Å². The largest absolute Gasteiger partial charge is 0.573 e. The van der Waals surface area contributed by atoms with Crippen molar-refractivity contribution >= 4 is 17.4 Å². The zero-order valence-corrected chi connectivity index (χ0v) is 24.4. The minimum atomic E-state index is -4.83. The fraction of sp³-hybridized carbons (Fsp3) is 0.235. The normalized spacial score (nSPS) is 14.1. The van der Waals surface area contributed by atoms with Gasteiger partial charge in [0.1, 0.15) is 11.5 Å². The second-order valence-corrected chi connectivity index (χ2v) is 10.5. The number of rotatable bonds is 11. The number of halogens is 6. The Morgan fingerprint density at radius 2 is 1.52 bits per heavy atom. The zero-order valence-electron chi connectivity index (χ0n) is 24.4. The van der Waals surface area contributed by atoms with Crippen molar-refractivity contribution in [2.24, 2.45) is 0 Å². The number of carboxylic acid groups (broad SMARTS) is 1. The topological polar surface area (TPSA) is 84.9 Å². The van der Waals surface area contributed by atoms with Crippen LogP contribution >= 0.6 is 0 Å². The molecule has 2 N–H and O–H groups in total. The predicted molar refractivity (Wildman–Crippen MR) is 159 cm³/mol. The van der Waals surface area contributed by atoms with Crippen LogP contribution in [0.1, 0.15) is 52.7 Å². The van der Waals surface area contributed by atoms with E-state index in [1.807, 2.05) is 19.1 Å². The first kappa shape index (κ1) is 33.9. The Balaban J connectivity index is 1.64. The lowest BCUT2D eigenvalue weighted by Crippen LogP contribution is -2.25. The van der Waals surface area contributed by atoms with Gasteiger partial charge in [-0.2, -0.15) is 0 Å². The molecule has 6 nitrogen and oxygen atoms in total. The molecule has 0 aromatic heterocycles. The molecule has 0 heterocycles. The second-order valence-electron chi connectivity index (χ2n) is 10.5. The SMILES string of the molecule is CC(Cc1ccc(C(=O)NCCC(=O)O)cc1)c1cc(-c2ccc(OC(F)(F)F)cc2)ccc1C1=CC=C(OC(F)(F)F)CC=C1. The number of alkyl halides is 6. The van der Waals surface area contributed by atoms with E-state index in [0.717, 1.165) is 16.7 Å². The highest BCUT2D eigenvalue weighted by molar-refractivity contribution is 5.94. The number of nitrogens with one attached hydrogen (secondary N) is 1. The van der Waals surface area contributed by atoms with Crippen LogP contribution in [0.4, 0.5) is 26.3 Å². The molecule has 12 heteroatoms. The van der Waals surface area contributed by atoms with Gasteiger partial charge in [0.05, 0.1) is 6.42 Å². The summed E-state index contributed by atoms with van der Waals surface area (Å²) < 4.78 is 84.5. The van der Waals surface area contributed by atoms with E-state index in [1.54, 1.807) is 42.5 Å². The lowest BCUT2D eigenvalue weighted by atomic mass is 9.85. The first-order valence-electron chi connectivity index (χ1n) is 14.1. The molecule has 1 aliphatic carbocycles. The smallest absolute Gasteiger partial charge is 0.481 e. The first-order chi connectivity index (χ1) is 21.7. The van der Waals surface area contributed by atoms with E-state index in [-0.39, 0.29) is 36.8 Å². The average molecular weight is 646 g/mol. The van der Waals surface area contributed by atoms with Gasteiger partial charge >= 0.3 is 18.7 Å². The van der Waals surface area contributed by atoms with Crippen molar-refractivity contribution in [1.82, 2.24) is 5.32 Å². The van der Waals surface area contributed by atoms with Crippen LogP contribution in [0.25, 0.3) is 16.7 Å². The maximum absolute atomic E-state index is 12.8. The van der Waals surface area contributed by atoms with Crippen molar-refractivity contribution in [2.45, 2.75) is 44.8 Å². The van der Waals surface area contributed by atoms with Gasteiger partial charge in [-0.1, -0.05) is 67.6 Å². The van der Waals surface area contributed by atoms with Gasteiger partial charge in [0.15, 0.2) is 0 Å². The molecular weight excluding hydrogens is 616 g/mol. The molecular formula is C34H29F6NO5. The Bertz CT molecular complexity index is 1640. The average Bonchev–Trinajstić information content (AvgIpc) is 3.21. The van der Waals surface area contributed by atoms with Gasteiger partial charge in [0.2, 0.25) is 0 Å². The molecule has 1 unspecified atom stereocenters. The second kappa shape index (κ2) is 14.4. The van der Waals surface area contributed by atoms with Gasteiger partial charge in [-0.15, -0.1) is 26.3 Å². The van der Waals surface area contributed by atoms with Crippen molar-refractivity contribution < 1.29 is 50.5 Å². The number of hydrogen-bond acceptors (Lipinski definition) is 4. The van der Waals surface area contributed by atoms with E-state index in [1.165, 1.54) is 36.4 Å². The highest BCUT2D eigenvalue weighted by Crippen LogP contribution is 2.35. The summed E-state index contributed by atoms with van der Waals surface area (Å²) in [4.78, 5) is 23.0. The van der Waals surface area contributed by atoms with E-state index < -0.39 is 24.6 Å². The minimum absolute atomic E-state index is 0.00649. The Kier molecular flexibility index (Phi) is 10.6. The molecule has 0 radical (unpaired) electrons. The van der Waals surface area contributed by atoms with E-state index in [0.29, 0.717) is 28.7 Å². The summed E-state index contributed by atoms with van der Waals surface area (Å²) in [5.74, 6) is -2.22. The quantitative estimate of drug-likeness (QED) is 0.204. The summed E-state index contributed by atoms with van der Waals surface area (Å²) >= 11 is 0. The molecule has 1 aliphatic rings. The number of hydrogen-bond donors (Lipinski definition) is 2. The van der Waals surface area contributed by atoms with E-state index >= 15 is 0 Å². The van der Waals surface area contributed by atoms with Gasteiger partial charge < -0.3 is 19.9 Å². The molecule has 0 aliphatic heterocycles. The summed E-state index contributed by atoms with van der Waals surface area (Å²) in [7, 11) is 0. The van der Waals surface area contributed by atoms with Crippen LogP contribution in [0.15, 0.2) is 96.8 Å². The summed E-state index contributed by atoms with van der Waals surface area (Å²) in [5, 5.41) is 11.3. The third-order valence-corrected chi connectivity index (χ3v) is 7.01. The molecule has 46 heavy (non-hydrogen) atoms. The summed E-state index contributed by atoms with van der Waals surface area (Å²) in [6.45, 7) is 1.96. The fourth-order valence-corrected chi connectivity index (χ4v) is 4.91. The lowest BCUT2D eigenvalue weighted by Gasteiger charge is -2.20. The number of ether oxygens (including phenoxy) is 2. The molecule has 0 spiro atoms. The summed E-state index contributed by atoms with van der Waals surface area (Å²) in [6, 6.07) is 17.7. The lowest BCUT2D eigenvalue weighted by molar-refractivity contribution is -0.306.